The number of ether oxygens (including phenoxy) is 2. The third-order valence-corrected chi connectivity index (χ3v) is 7.65. The quantitative estimate of drug-likeness (QED) is 0.305. The molecule has 2 aliphatic heterocycles. The smallest absolute Gasteiger partial charge is 0.241 e. The van der Waals surface area contributed by atoms with Gasteiger partial charge in [-0.25, -0.2) is 0 Å². The van der Waals surface area contributed by atoms with Gasteiger partial charge in [0.2, 0.25) is 5.91 Å². The van der Waals surface area contributed by atoms with Crippen LogP contribution in [0.15, 0.2) is 23.8 Å². The van der Waals surface area contributed by atoms with E-state index in [4.69, 9.17) is 15.2 Å². The predicted molar refractivity (Wildman–Crippen MR) is 128 cm³/mol. The Kier molecular flexibility index (Phi) is 10.1. The predicted octanol–water partition coefficient (Wildman–Crippen LogP) is 3.07. The lowest BCUT2D eigenvalue weighted by atomic mass is 9.76. The standard InChI is InChI=1S/C26H45NO6/c1-7-20(8-9-25(27)31)12-21(28)11-15(2)10-16(3)24-13-22(29)18(5)26(33-24)14-23(30)17(4)19(6)32-26/h8-9,12,15-19,21-24,28-30H,7,10-11,13-14H2,1-6H3,(H2,27,31)/b9-8+,20-12+/t15?,16?,17-,18+,19-,21?,22+,23-,24+,26?/m1/s1. The van der Waals surface area contributed by atoms with Crippen molar-refractivity contribution in [1.29, 1.82) is 0 Å². The average molecular weight is 468 g/mol. The summed E-state index contributed by atoms with van der Waals surface area (Å²) in [5.41, 5.74) is 6.02. The van der Waals surface area contributed by atoms with E-state index in [9.17, 15) is 20.1 Å². The summed E-state index contributed by atoms with van der Waals surface area (Å²) in [5, 5.41) is 31.9. The van der Waals surface area contributed by atoms with E-state index < -0.39 is 30.0 Å². The first-order valence-electron chi connectivity index (χ1n) is 12.5. The van der Waals surface area contributed by atoms with Crippen molar-refractivity contribution in [3.63, 3.8) is 0 Å². The highest BCUT2D eigenvalue weighted by atomic mass is 16.7. The number of carbonyl (C=O) groups is 1. The van der Waals surface area contributed by atoms with Crippen LogP contribution >= 0.6 is 0 Å². The Morgan fingerprint density at radius 1 is 1.12 bits per heavy atom. The number of amides is 1. The molecule has 7 heteroatoms. The molecular weight excluding hydrogens is 422 g/mol. The Balaban J connectivity index is 2.01. The van der Waals surface area contributed by atoms with Crippen molar-refractivity contribution in [1.82, 2.24) is 0 Å². The third-order valence-electron chi connectivity index (χ3n) is 7.65. The first-order valence-corrected chi connectivity index (χ1v) is 12.5. The summed E-state index contributed by atoms with van der Waals surface area (Å²) in [6.07, 6.45) is 5.65. The molecule has 190 valence electrons. The maximum Gasteiger partial charge on any atom is 0.241 e. The topological polar surface area (TPSA) is 122 Å². The van der Waals surface area contributed by atoms with Crippen LogP contribution < -0.4 is 5.73 Å². The molecule has 0 aromatic heterocycles. The fourth-order valence-corrected chi connectivity index (χ4v) is 5.22. The maximum absolute atomic E-state index is 11.0. The summed E-state index contributed by atoms with van der Waals surface area (Å²) in [4.78, 5) is 11.0. The number of rotatable bonds is 9. The molecule has 7 nitrogen and oxygen atoms in total. The van der Waals surface area contributed by atoms with Crippen LogP contribution in [-0.2, 0) is 14.3 Å². The Morgan fingerprint density at radius 3 is 2.36 bits per heavy atom. The fourth-order valence-electron chi connectivity index (χ4n) is 5.22. The van der Waals surface area contributed by atoms with Gasteiger partial charge in [0.25, 0.3) is 0 Å². The number of aliphatic hydroxyl groups is 3. The zero-order valence-electron chi connectivity index (χ0n) is 21.1. The van der Waals surface area contributed by atoms with Gasteiger partial charge in [-0.3, -0.25) is 4.79 Å². The molecule has 0 saturated carbocycles. The molecule has 2 saturated heterocycles. The monoisotopic (exact) mass is 467 g/mol. The van der Waals surface area contributed by atoms with E-state index in [1.807, 2.05) is 27.7 Å². The van der Waals surface area contributed by atoms with Crippen molar-refractivity contribution in [2.24, 2.45) is 29.4 Å². The molecule has 5 N–H and O–H groups in total. The molecule has 0 radical (unpaired) electrons. The number of aliphatic hydroxyl groups excluding tert-OH is 3. The van der Waals surface area contributed by atoms with Gasteiger partial charge in [-0.2, -0.15) is 0 Å². The molecule has 1 spiro atoms. The van der Waals surface area contributed by atoms with Crippen LogP contribution in [0.4, 0.5) is 0 Å². The van der Waals surface area contributed by atoms with Crippen molar-refractivity contribution in [3.05, 3.63) is 23.8 Å². The number of hydrogen-bond acceptors (Lipinski definition) is 6. The highest BCUT2D eigenvalue weighted by Gasteiger charge is 2.54. The van der Waals surface area contributed by atoms with Crippen LogP contribution in [0.25, 0.3) is 0 Å². The molecule has 0 aliphatic carbocycles. The summed E-state index contributed by atoms with van der Waals surface area (Å²) in [6, 6.07) is 0. The highest BCUT2D eigenvalue weighted by molar-refractivity contribution is 5.86. The molecule has 2 aliphatic rings. The average Bonchev–Trinajstić information content (AvgIpc) is 2.72. The van der Waals surface area contributed by atoms with Crippen LogP contribution in [0, 0.1) is 23.7 Å². The summed E-state index contributed by atoms with van der Waals surface area (Å²) in [6.45, 7) is 12.0. The van der Waals surface area contributed by atoms with E-state index in [0.717, 1.165) is 12.0 Å². The van der Waals surface area contributed by atoms with Gasteiger partial charge < -0.3 is 30.5 Å². The summed E-state index contributed by atoms with van der Waals surface area (Å²) in [5.74, 6) is -1.33. The molecule has 0 aromatic rings. The van der Waals surface area contributed by atoms with Crippen LogP contribution in [0.1, 0.15) is 73.6 Å². The molecular formula is C26H45NO6. The van der Waals surface area contributed by atoms with Crippen LogP contribution in [0.3, 0.4) is 0 Å². The van der Waals surface area contributed by atoms with E-state index in [1.54, 1.807) is 12.2 Å². The zero-order chi connectivity index (χ0) is 24.9. The lowest BCUT2D eigenvalue weighted by Gasteiger charge is -2.54. The normalized spacial score (nSPS) is 38.4. The molecule has 0 bridgehead atoms. The Labute approximate surface area is 199 Å². The fraction of sp³-hybridized carbons (Fsp3) is 0.808. The molecule has 1 amide bonds. The van der Waals surface area contributed by atoms with Crippen molar-refractivity contribution in [2.75, 3.05) is 0 Å². The first kappa shape index (κ1) is 28.0. The largest absolute Gasteiger partial charge is 0.393 e. The van der Waals surface area contributed by atoms with Gasteiger partial charge in [0, 0.05) is 30.8 Å². The van der Waals surface area contributed by atoms with Crippen LogP contribution in [0.5, 0.6) is 0 Å². The second-order valence-electron chi connectivity index (χ2n) is 10.5. The van der Waals surface area contributed by atoms with Gasteiger partial charge in [-0.05, 0) is 43.6 Å². The Hall–Kier alpha value is -1.25. The van der Waals surface area contributed by atoms with E-state index in [0.29, 0.717) is 25.7 Å². The van der Waals surface area contributed by atoms with Crippen molar-refractivity contribution >= 4 is 5.91 Å². The molecule has 2 fully saturated rings. The highest BCUT2D eigenvalue weighted by Crippen LogP contribution is 2.46. The van der Waals surface area contributed by atoms with E-state index in [2.05, 4.69) is 13.8 Å². The minimum Gasteiger partial charge on any atom is -0.393 e. The lowest BCUT2D eigenvalue weighted by Crippen LogP contribution is -2.62. The minimum absolute atomic E-state index is 0.0155. The number of allylic oxidation sites excluding steroid dienone is 2. The molecule has 33 heavy (non-hydrogen) atoms. The third kappa shape index (κ3) is 7.36. The Morgan fingerprint density at radius 2 is 1.79 bits per heavy atom. The summed E-state index contributed by atoms with van der Waals surface area (Å²) >= 11 is 0. The molecule has 4 unspecified atom stereocenters. The summed E-state index contributed by atoms with van der Waals surface area (Å²) in [7, 11) is 0. The number of hydrogen-bond donors (Lipinski definition) is 4. The molecule has 2 rings (SSSR count). The van der Waals surface area contributed by atoms with Gasteiger partial charge in [-0.15, -0.1) is 0 Å². The molecule has 2 heterocycles. The SMILES string of the molecule is CCC(/C=C/C(N)=O)=C\C(O)CC(C)CC(C)[C@@H]1C[C@H](O)[C@H](C)C2(C[C@@H](O)[C@H](C)[C@@H](C)O2)O1. The van der Waals surface area contributed by atoms with Crippen LogP contribution in [-0.4, -0.2) is 57.5 Å². The number of primary amides is 1. The van der Waals surface area contributed by atoms with Gasteiger partial charge in [0.05, 0.1) is 30.5 Å². The first-order chi connectivity index (χ1) is 15.4. The van der Waals surface area contributed by atoms with E-state index in [-0.39, 0.29) is 35.9 Å². The van der Waals surface area contributed by atoms with Crippen LogP contribution in [0.2, 0.25) is 0 Å². The van der Waals surface area contributed by atoms with Gasteiger partial charge in [-0.1, -0.05) is 46.8 Å². The zero-order valence-corrected chi connectivity index (χ0v) is 21.1. The number of carbonyl (C=O) groups excluding carboxylic acids is 1. The van der Waals surface area contributed by atoms with E-state index in [1.165, 1.54) is 6.08 Å². The van der Waals surface area contributed by atoms with Crippen molar-refractivity contribution < 1.29 is 29.6 Å². The maximum atomic E-state index is 11.0. The second-order valence-corrected chi connectivity index (χ2v) is 10.5. The van der Waals surface area contributed by atoms with Crippen molar-refractivity contribution in [3.8, 4) is 0 Å². The van der Waals surface area contributed by atoms with Gasteiger partial charge in [0.1, 0.15) is 0 Å². The molecule has 10 atom stereocenters. The lowest BCUT2D eigenvalue weighted by molar-refractivity contribution is -0.373. The van der Waals surface area contributed by atoms with E-state index >= 15 is 0 Å². The molecule has 0 aromatic carbocycles. The van der Waals surface area contributed by atoms with Gasteiger partial charge in [0.15, 0.2) is 5.79 Å². The van der Waals surface area contributed by atoms with Crippen molar-refractivity contribution in [2.45, 2.75) is 110 Å². The number of nitrogens with two attached hydrogens (primary N) is 1. The minimum atomic E-state index is -0.976. The van der Waals surface area contributed by atoms with Gasteiger partial charge >= 0.3 is 0 Å². The Bertz CT molecular complexity index is 695. The summed E-state index contributed by atoms with van der Waals surface area (Å²) < 4.78 is 12.8. The second kappa shape index (κ2) is 11.9.